The van der Waals surface area contributed by atoms with Gasteiger partial charge in [-0.3, -0.25) is 9.59 Å². The van der Waals surface area contributed by atoms with E-state index in [1.165, 1.54) is 11.8 Å². The van der Waals surface area contributed by atoms with E-state index < -0.39 is 6.04 Å². The van der Waals surface area contributed by atoms with Gasteiger partial charge in [-0.15, -0.1) is 0 Å². The number of fused-ring (bicyclic) bond motifs is 1. The zero-order valence-electron chi connectivity index (χ0n) is 14.8. The van der Waals surface area contributed by atoms with E-state index in [2.05, 4.69) is 27.1 Å². The van der Waals surface area contributed by atoms with Crippen molar-refractivity contribution in [3.05, 3.63) is 23.2 Å². The van der Waals surface area contributed by atoms with Crippen molar-refractivity contribution in [2.75, 3.05) is 12.3 Å². The Kier molecular flexibility index (Phi) is 6.43. The predicted octanol–water partition coefficient (Wildman–Crippen LogP) is 2.98. The average Bonchev–Trinajstić information content (AvgIpc) is 2.82. The first-order valence-corrected chi connectivity index (χ1v) is 10.3. The van der Waals surface area contributed by atoms with Gasteiger partial charge in [0.25, 0.3) is 0 Å². The number of hydrogen-bond acceptors (Lipinski definition) is 4. The molecule has 1 aromatic carbocycles. The molecule has 1 fully saturated rings. The highest BCUT2D eigenvalue weighted by Gasteiger charge is 2.22. The molecule has 0 saturated carbocycles. The number of carbonyl (C=O) groups excluding carboxylic acids is 2. The summed E-state index contributed by atoms with van der Waals surface area (Å²) in [5.74, 6) is -0.0104. The van der Waals surface area contributed by atoms with Crippen molar-refractivity contribution >= 4 is 46.2 Å². The van der Waals surface area contributed by atoms with Crippen LogP contribution in [0.25, 0.3) is 11.0 Å². The predicted molar refractivity (Wildman–Crippen MR) is 105 cm³/mol. The Bertz CT molecular complexity index is 808. The van der Waals surface area contributed by atoms with Crippen LogP contribution in [0.2, 0.25) is 5.02 Å². The molecule has 1 atom stereocenters. The number of amides is 2. The second kappa shape index (κ2) is 8.77. The van der Waals surface area contributed by atoms with Crippen LogP contribution in [0.15, 0.2) is 23.4 Å². The van der Waals surface area contributed by atoms with Crippen molar-refractivity contribution in [3.63, 3.8) is 0 Å². The number of benzene rings is 1. The van der Waals surface area contributed by atoms with E-state index in [0.29, 0.717) is 18.0 Å². The molecule has 0 aliphatic carbocycles. The molecule has 8 heteroatoms. The standard InChI is InChI=1S/C18H23ClN4O2S/c1-2-9-23-15-7-6-12(19)10-14(15)22-18(23)26-11-16(24)21-13-5-3-4-8-20-17(13)25/h6-7,10,13H,2-5,8-9,11H2,1H3,(H,20,25)(H,21,24). The third kappa shape index (κ3) is 4.51. The van der Waals surface area contributed by atoms with E-state index in [1.807, 2.05) is 18.2 Å². The lowest BCUT2D eigenvalue weighted by atomic mass is 10.1. The first kappa shape index (κ1) is 19.0. The van der Waals surface area contributed by atoms with Crippen molar-refractivity contribution < 1.29 is 9.59 Å². The van der Waals surface area contributed by atoms with Crippen LogP contribution in [0.5, 0.6) is 0 Å². The molecule has 0 bridgehead atoms. The maximum atomic E-state index is 12.3. The second-order valence-corrected chi connectivity index (χ2v) is 7.75. The first-order chi connectivity index (χ1) is 12.6. The molecule has 2 amide bonds. The number of aromatic nitrogens is 2. The number of thioether (sulfide) groups is 1. The molecule has 2 heterocycles. The summed E-state index contributed by atoms with van der Waals surface area (Å²) in [5, 5.41) is 7.12. The molecule has 3 rings (SSSR count). The molecule has 6 nitrogen and oxygen atoms in total. The molecule has 1 unspecified atom stereocenters. The van der Waals surface area contributed by atoms with Gasteiger partial charge in [0.1, 0.15) is 6.04 Å². The summed E-state index contributed by atoms with van der Waals surface area (Å²) in [6.07, 6.45) is 3.55. The summed E-state index contributed by atoms with van der Waals surface area (Å²) in [7, 11) is 0. The topological polar surface area (TPSA) is 76.0 Å². The van der Waals surface area contributed by atoms with Crippen molar-refractivity contribution in [1.82, 2.24) is 20.2 Å². The summed E-state index contributed by atoms with van der Waals surface area (Å²) < 4.78 is 2.11. The fraction of sp³-hybridized carbons (Fsp3) is 0.500. The number of aryl methyl sites for hydroxylation is 1. The van der Waals surface area contributed by atoms with Gasteiger partial charge in [-0.2, -0.15) is 0 Å². The maximum Gasteiger partial charge on any atom is 0.242 e. The molecule has 26 heavy (non-hydrogen) atoms. The zero-order valence-corrected chi connectivity index (χ0v) is 16.3. The zero-order chi connectivity index (χ0) is 18.5. The lowest BCUT2D eigenvalue weighted by Crippen LogP contribution is -2.46. The first-order valence-electron chi connectivity index (χ1n) is 8.94. The Morgan fingerprint density at radius 3 is 3.12 bits per heavy atom. The second-order valence-electron chi connectivity index (χ2n) is 6.37. The smallest absolute Gasteiger partial charge is 0.242 e. The summed E-state index contributed by atoms with van der Waals surface area (Å²) in [5.41, 5.74) is 1.85. The minimum Gasteiger partial charge on any atom is -0.354 e. The largest absolute Gasteiger partial charge is 0.354 e. The minimum absolute atomic E-state index is 0.0892. The third-order valence-electron chi connectivity index (χ3n) is 4.33. The van der Waals surface area contributed by atoms with Gasteiger partial charge >= 0.3 is 0 Å². The average molecular weight is 395 g/mol. The third-order valence-corrected chi connectivity index (χ3v) is 5.54. The number of hydrogen-bond donors (Lipinski definition) is 2. The van der Waals surface area contributed by atoms with Gasteiger partial charge in [-0.25, -0.2) is 4.98 Å². The maximum absolute atomic E-state index is 12.3. The van der Waals surface area contributed by atoms with Crippen LogP contribution < -0.4 is 10.6 Å². The van der Waals surface area contributed by atoms with Crippen LogP contribution >= 0.6 is 23.4 Å². The Balaban J connectivity index is 1.67. The molecule has 0 spiro atoms. The highest BCUT2D eigenvalue weighted by atomic mass is 35.5. The van der Waals surface area contributed by atoms with Gasteiger partial charge < -0.3 is 15.2 Å². The van der Waals surface area contributed by atoms with Crippen LogP contribution in [-0.4, -0.2) is 39.7 Å². The fourth-order valence-electron chi connectivity index (χ4n) is 3.07. The van der Waals surface area contributed by atoms with E-state index in [4.69, 9.17) is 11.6 Å². The van der Waals surface area contributed by atoms with E-state index >= 15 is 0 Å². The number of halogens is 1. The molecular formula is C18H23ClN4O2S. The van der Waals surface area contributed by atoms with Crippen molar-refractivity contribution in [2.45, 2.75) is 50.4 Å². The Hall–Kier alpha value is -1.73. The van der Waals surface area contributed by atoms with E-state index in [-0.39, 0.29) is 17.6 Å². The van der Waals surface area contributed by atoms with Crippen LogP contribution in [-0.2, 0) is 16.1 Å². The van der Waals surface area contributed by atoms with Gasteiger partial charge in [0.05, 0.1) is 16.8 Å². The molecule has 2 N–H and O–H groups in total. The highest BCUT2D eigenvalue weighted by molar-refractivity contribution is 7.99. The quantitative estimate of drug-likeness (QED) is 0.738. The van der Waals surface area contributed by atoms with Crippen LogP contribution in [0.3, 0.4) is 0 Å². The lowest BCUT2D eigenvalue weighted by molar-refractivity contribution is -0.127. The number of nitrogens with zero attached hydrogens (tertiary/aromatic N) is 2. The fourth-order valence-corrected chi connectivity index (χ4v) is 4.09. The van der Waals surface area contributed by atoms with Gasteiger partial charge in [0, 0.05) is 18.1 Å². The molecule has 140 valence electrons. The molecule has 1 saturated heterocycles. The Labute approximate surface area is 162 Å². The van der Waals surface area contributed by atoms with E-state index in [0.717, 1.165) is 42.0 Å². The monoisotopic (exact) mass is 394 g/mol. The summed E-state index contributed by atoms with van der Waals surface area (Å²) in [6.45, 7) is 3.62. The van der Waals surface area contributed by atoms with Gasteiger partial charge in [-0.05, 0) is 43.9 Å². The number of carbonyl (C=O) groups is 2. The number of rotatable bonds is 6. The van der Waals surface area contributed by atoms with Crippen LogP contribution in [0.4, 0.5) is 0 Å². The molecule has 1 aliphatic heterocycles. The molecular weight excluding hydrogens is 372 g/mol. The van der Waals surface area contributed by atoms with Gasteiger partial charge in [-0.1, -0.05) is 30.3 Å². The summed E-state index contributed by atoms with van der Waals surface area (Å²) in [6, 6.07) is 5.21. The Morgan fingerprint density at radius 2 is 2.31 bits per heavy atom. The van der Waals surface area contributed by atoms with E-state index in [1.54, 1.807) is 0 Å². The molecule has 1 aromatic heterocycles. The highest BCUT2D eigenvalue weighted by Crippen LogP contribution is 2.26. The number of imidazole rings is 1. The van der Waals surface area contributed by atoms with Crippen LogP contribution in [0, 0.1) is 0 Å². The summed E-state index contributed by atoms with van der Waals surface area (Å²) in [4.78, 5) is 28.9. The SMILES string of the molecule is CCCn1c(SCC(=O)NC2CCCCNC2=O)nc2cc(Cl)ccc21. The summed E-state index contributed by atoms with van der Waals surface area (Å²) >= 11 is 7.45. The van der Waals surface area contributed by atoms with Crippen molar-refractivity contribution in [2.24, 2.45) is 0 Å². The number of nitrogens with one attached hydrogen (secondary N) is 2. The Morgan fingerprint density at radius 1 is 1.46 bits per heavy atom. The van der Waals surface area contributed by atoms with Crippen molar-refractivity contribution in [3.8, 4) is 0 Å². The van der Waals surface area contributed by atoms with Crippen LogP contribution in [0.1, 0.15) is 32.6 Å². The van der Waals surface area contributed by atoms with Gasteiger partial charge in [0.2, 0.25) is 11.8 Å². The van der Waals surface area contributed by atoms with Gasteiger partial charge in [0.15, 0.2) is 5.16 Å². The normalized spacial score (nSPS) is 17.8. The minimum atomic E-state index is -0.432. The molecule has 2 aromatic rings. The molecule has 1 aliphatic rings. The van der Waals surface area contributed by atoms with E-state index in [9.17, 15) is 9.59 Å². The molecule has 0 radical (unpaired) electrons. The lowest BCUT2D eigenvalue weighted by Gasteiger charge is -2.15. The van der Waals surface area contributed by atoms with Crippen molar-refractivity contribution in [1.29, 1.82) is 0 Å².